The zero-order valence-corrected chi connectivity index (χ0v) is 14.9. The van der Waals surface area contributed by atoms with Crippen molar-refractivity contribution in [1.82, 2.24) is 20.4 Å². The zero-order valence-electron chi connectivity index (χ0n) is 13.3. The number of hydrogen-bond acceptors (Lipinski definition) is 8. The van der Waals surface area contributed by atoms with E-state index in [1.807, 2.05) is 38.1 Å². The molecule has 3 rings (SSSR count). The maximum Gasteiger partial charge on any atom is 0.277 e. The summed E-state index contributed by atoms with van der Waals surface area (Å²) < 4.78 is 5.62. The number of carbonyl (C=O) groups excluding carboxylic acids is 1. The average Bonchev–Trinajstić information content (AvgIpc) is 3.17. The molecule has 124 valence electrons. The molecule has 0 aliphatic rings. The van der Waals surface area contributed by atoms with E-state index >= 15 is 0 Å². The standard InChI is InChI=1S/C15H15N5O2S2/c1-8-4-6-11(7-5-8)13-18-20-15(22-13)23-9(2)12(21)16-14-19-17-10(3)24-14/h4-7,9H,1-3H3,(H,16,19,21)/t9-/m1/s1. The SMILES string of the molecule is Cc1ccc(-c2nnc(S[C@H](C)C(=O)Nc3nnc(C)s3)o2)cc1. The van der Waals surface area contributed by atoms with E-state index in [0.717, 1.165) is 16.1 Å². The third kappa shape index (κ3) is 3.98. The van der Waals surface area contributed by atoms with E-state index in [9.17, 15) is 4.79 Å². The molecule has 9 heteroatoms. The third-order valence-corrected chi connectivity index (χ3v) is 4.80. The van der Waals surface area contributed by atoms with E-state index in [4.69, 9.17) is 4.42 Å². The van der Waals surface area contributed by atoms with Crippen LogP contribution in [0.15, 0.2) is 33.9 Å². The van der Waals surface area contributed by atoms with Gasteiger partial charge in [0.05, 0.1) is 5.25 Å². The van der Waals surface area contributed by atoms with Crippen LogP contribution in [0.1, 0.15) is 17.5 Å². The smallest absolute Gasteiger partial charge is 0.277 e. The summed E-state index contributed by atoms with van der Waals surface area (Å²) in [6.07, 6.45) is 0. The van der Waals surface area contributed by atoms with Gasteiger partial charge >= 0.3 is 0 Å². The average molecular weight is 361 g/mol. The number of amides is 1. The molecule has 0 saturated carbocycles. The first kappa shape index (κ1) is 16.6. The summed E-state index contributed by atoms with van der Waals surface area (Å²) in [5, 5.41) is 19.7. The Morgan fingerprint density at radius 2 is 1.92 bits per heavy atom. The summed E-state index contributed by atoms with van der Waals surface area (Å²) in [7, 11) is 0. The topological polar surface area (TPSA) is 93.8 Å². The van der Waals surface area contributed by atoms with Crippen LogP contribution in [0.5, 0.6) is 0 Å². The molecule has 0 aliphatic heterocycles. The van der Waals surface area contributed by atoms with Gasteiger partial charge in [0.15, 0.2) is 0 Å². The monoisotopic (exact) mass is 361 g/mol. The molecular formula is C15H15N5O2S2. The van der Waals surface area contributed by atoms with Crippen molar-refractivity contribution in [3.05, 3.63) is 34.8 Å². The molecule has 0 unspecified atom stereocenters. The van der Waals surface area contributed by atoms with Gasteiger partial charge in [0.25, 0.3) is 5.22 Å². The first-order valence-corrected chi connectivity index (χ1v) is 8.89. The fourth-order valence-electron chi connectivity index (χ4n) is 1.83. The lowest BCUT2D eigenvalue weighted by molar-refractivity contribution is -0.115. The van der Waals surface area contributed by atoms with Crippen molar-refractivity contribution in [2.75, 3.05) is 5.32 Å². The molecule has 0 aliphatic carbocycles. The Bertz CT molecular complexity index is 844. The third-order valence-electron chi connectivity index (χ3n) is 3.11. The molecule has 1 amide bonds. The summed E-state index contributed by atoms with van der Waals surface area (Å²) in [4.78, 5) is 12.2. The highest BCUT2D eigenvalue weighted by Crippen LogP contribution is 2.27. The number of hydrogen-bond donors (Lipinski definition) is 1. The van der Waals surface area contributed by atoms with Crippen LogP contribution in [0.2, 0.25) is 0 Å². The van der Waals surface area contributed by atoms with Gasteiger partial charge in [0, 0.05) is 5.56 Å². The van der Waals surface area contributed by atoms with Crippen molar-refractivity contribution in [2.45, 2.75) is 31.2 Å². The van der Waals surface area contributed by atoms with Gasteiger partial charge in [-0.3, -0.25) is 10.1 Å². The fourth-order valence-corrected chi connectivity index (χ4v) is 3.11. The van der Waals surface area contributed by atoms with Gasteiger partial charge in [-0.2, -0.15) is 0 Å². The van der Waals surface area contributed by atoms with E-state index in [1.165, 1.54) is 23.1 Å². The molecule has 0 bridgehead atoms. The second-order valence-electron chi connectivity index (χ2n) is 5.11. The van der Waals surface area contributed by atoms with Crippen molar-refractivity contribution in [1.29, 1.82) is 0 Å². The molecule has 7 nitrogen and oxygen atoms in total. The minimum Gasteiger partial charge on any atom is -0.411 e. The molecule has 1 atom stereocenters. The highest BCUT2D eigenvalue weighted by molar-refractivity contribution is 8.00. The second-order valence-corrected chi connectivity index (χ2v) is 7.59. The number of aromatic nitrogens is 4. The predicted molar refractivity (Wildman–Crippen MR) is 93.1 cm³/mol. The van der Waals surface area contributed by atoms with Crippen LogP contribution in [-0.2, 0) is 4.79 Å². The largest absolute Gasteiger partial charge is 0.411 e. The maximum atomic E-state index is 12.2. The normalized spacial score (nSPS) is 12.1. The molecule has 2 aromatic heterocycles. The van der Waals surface area contributed by atoms with Crippen LogP contribution < -0.4 is 5.32 Å². The molecule has 0 spiro atoms. The van der Waals surface area contributed by atoms with Crippen LogP contribution >= 0.6 is 23.1 Å². The number of anilines is 1. The molecule has 1 N–H and O–H groups in total. The minimum atomic E-state index is -0.402. The van der Waals surface area contributed by atoms with E-state index in [2.05, 4.69) is 25.7 Å². The van der Waals surface area contributed by atoms with E-state index in [0.29, 0.717) is 16.2 Å². The molecule has 3 aromatic rings. The van der Waals surface area contributed by atoms with Gasteiger partial charge in [0.1, 0.15) is 5.01 Å². The Balaban J connectivity index is 1.63. The quantitative estimate of drug-likeness (QED) is 0.697. The molecule has 1 aromatic carbocycles. The Hall–Kier alpha value is -2.26. The van der Waals surface area contributed by atoms with Gasteiger partial charge in [-0.25, -0.2) is 0 Å². The highest BCUT2D eigenvalue weighted by Gasteiger charge is 2.20. The lowest BCUT2D eigenvalue weighted by atomic mass is 10.1. The number of aryl methyl sites for hydroxylation is 2. The first-order chi connectivity index (χ1) is 11.5. The maximum absolute atomic E-state index is 12.2. The lowest BCUT2D eigenvalue weighted by Crippen LogP contribution is -2.22. The number of carbonyl (C=O) groups is 1. The number of nitrogens with zero attached hydrogens (tertiary/aromatic N) is 4. The zero-order chi connectivity index (χ0) is 17.1. The van der Waals surface area contributed by atoms with Crippen LogP contribution in [0.25, 0.3) is 11.5 Å². The molecule has 24 heavy (non-hydrogen) atoms. The molecule has 2 heterocycles. The van der Waals surface area contributed by atoms with Crippen LogP contribution in [0, 0.1) is 13.8 Å². The molecule has 0 fully saturated rings. The Kier molecular flexibility index (Phi) is 4.91. The van der Waals surface area contributed by atoms with Gasteiger partial charge in [-0.15, -0.1) is 20.4 Å². The van der Waals surface area contributed by atoms with Crippen molar-refractivity contribution < 1.29 is 9.21 Å². The Morgan fingerprint density at radius 1 is 1.17 bits per heavy atom. The second kappa shape index (κ2) is 7.10. The van der Waals surface area contributed by atoms with Gasteiger partial charge in [-0.05, 0) is 32.9 Å². The number of benzene rings is 1. The first-order valence-electron chi connectivity index (χ1n) is 7.19. The van der Waals surface area contributed by atoms with Crippen LogP contribution in [0.3, 0.4) is 0 Å². The highest BCUT2D eigenvalue weighted by atomic mass is 32.2. The van der Waals surface area contributed by atoms with Gasteiger partial charge in [-0.1, -0.05) is 40.8 Å². The predicted octanol–water partition coefficient (Wildman–Crippen LogP) is 3.32. The van der Waals surface area contributed by atoms with E-state index in [1.54, 1.807) is 6.92 Å². The number of thioether (sulfide) groups is 1. The minimum absolute atomic E-state index is 0.189. The fraction of sp³-hybridized carbons (Fsp3) is 0.267. The van der Waals surface area contributed by atoms with Crippen LogP contribution in [-0.4, -0.2) is 31.6 Å². The van der Waals surface area contributed by atoms with Crippen molar-refractivity contribution in [3.8, 4) is 11.5 Å². The van der Waals surface area contributed by atoms with Crippen molar-refractivity contribution in [2.24, 2.45) is 0 Å². The number of rotatable bonds is 5. The summed E-state index contributed by atoms with van der Waals surface area (Å²) in [6.45, 7) is 5.61. The van der Waals surface area contributed by atoms with Gasteiger partial charge < -0.3 is 4.42 Å². The summed E-state index contributed by atoms with van der Waals surface area (Å²) in [5.74, 6) is 0.246. The number of nitrogens with one attached hydrogen (secondary N) is 1. The summed E-state index contributed by atoms with van der Waals surface area (Å²) >= 11 is 2.53. The van der Waals surface area contributed by atoms with Crippen molar-refractivity contribution >= 4 is 34.1 Å². The Morgan fingerprint density at radius 3 is 2.58 bits per heavy atom. The van der Waals surface area contributed by atoms with Gasteiger partial charge in [0.2, 0.25) is 16.9 Å². The lowest BCUT2D eigenvalue weighted by Gasteiger charge is -2.06. The van der Waals surface area contributed by atoms with Crippen molar-refractivity contribution in [3.63, 3.8) is 0 Å². The summed E-state index contributed by atoms with van der Waals surface area (Å²) in [6, 6.07) is 7.80. The Labute approximate surface area is 146 Å². The van der Waals surface area contributed by atoms with E-state index in [-0.39, 0.29) is 5.91 Å². The van der Waals surface area contributed by atoms with Crippen LogP contribution in [0.4, 0.5) is 5.13 Å². The summed E-state index contributed by atoms with van der Waals surface area (Å²) in [5.41, 5.74) is 2.01. The molecule has 0 saturated heterocycles. The molecule has 0 radical (unpaired) electrons. The molecular weight excluding hydrogens is 346 g/mol. The van der Waals surface area contributed by atoms with E-state index < -0.39 is 5.25 Å².